The van der Waals surface area contributed by atoms with E-state index in [1.807, 2.05) is 25.1 Å². The van der Waals surface area contributed by atoms with Gasteiger partial charge in [0.1, 0.15) is 17.4 Å². The van der Waals surface area contributed by atoms with Gasteiger partial charge in [-0.3, -0.25) is 14.8 Å². The summed E-state index contributed by atoms with van der Waals surface area (Å²) in [6, 6.07) is 8.01. The molecule has 2 saturated heterocycles. The number of nitrogens with one attached hydrogen (secondary N) is 1. The summed E-state index contributed by atoms with van der Waals surface area (Å²) in [5, 5.41) is 16.0. The van der Waals surface area contributed by atoms with Crippen molar-refractivity contribution in [1.29, 1.82) is 5.26 Å². The molecule has 0 radical (unpaired) electrons. The summed E-state index contributed by atoms with van der Waals surface area (Å²) in [5.74, 6) is 1.49. The molecule has 1 atom stereocenters. The van der Waals surface area contributed by atoms with Gasteiger partial charge in [-0.25, -0.2) is 0 Å². The van der Waals surface area contributed by atoms with Gasteiger partial charge in [-0.1, -0.05) is 6.07 Å². The molecule has 2 aliphatic rings. The molecule has 0 bridgehead atoms. The van der Waals surface area contributed by atoms with Crippen LogP contribution in [0.25, 0.3) is 10.9 Å². The number of aromatic nitrogens is 1. The van der Waals surface area contributed by atoms with Crippen molar-refractivity contribution < 1.29 is 14.3 Å². The number of aliphatic imine (C=N–C) groups is 1. The van der Waals surface area contributed by atoms with Gasteiger partial charge >= 0.3 is 0 Å². The third kappa shape index (κ3) is 4.53. The first-order chi connectivity index (χ1) is 14.7. The molecular formula is C22H24N4O3S. The molecule has 0 aliphatic carbocycles. The number of fused-ring (bicyclic) bond motifs is 1. The van der Waals surface area contributed by atoms with Crippen molar-refractivity contribution in [2.24, 2.45) is 10.9 Å². The van der Waals surface area contributed by atoms with Gasteiger partial charge in [-0.05, 0) is 48.7 Å². The first-order valence-electron chi connectivity index (χ1n) is 10.1. The lowest BCUT2D eigenvalue weighted by Crippen LogP contribution is -2.23. The minimum Gasteiger partial charge on any atom is -0.492 e. The molecule has 2 aliphatic heterocycles. The Morgan fingerprint density at radius 1 is 1.43 bits per heavy atom. The van der Waals surface area contributed by atoms with Crippen molar-refractivity contribution in [3.63, 3.8) is 0 Å². The van der Waals surface area contributed by atoms with Crippen LogP contribution in [0.4, 0.5) is 0 Å². The highest BCUT2D eigenvalue weighted by molar-refractivity contribution is 8.29. The Morgan fingerprint density at radius 3 is 3.03 bits per heavy atom. The lowest BCUT2D eigenvalue weighted by atomic mass is 10.0. The summed E-state index contributed by atoms with van der Waals surface area (Å²) >= 11 is 0. The third-order valence-electron chi connectivity index (χ3n) is 5.15. The smallest absolute Gasteiger partial charge is 0.235 e. The number of hydrogen-bond donors (Lipinski definition) is 1. The minimum atomic E-state index is -0.404. The summed E-state index contributed by atoms with van der Waals surface area (Å²) in [5.41, 5.74) is 2.14. The van der Waals surface area contributed by atoms with E-state index < -0.39 is 10.5 Å². The van der Waals surface area contributed by atoms with E-state index in [0.717, 1.165) is 54.2 Å². The molecule has 1 aromatic carbocycles. The van der Waals surface area contributed by atoms with Crippen LogP contribution in [0.15, 0.2) is 29.4 Å². The average molecular weight is 425 g/mol. The van der Waals surface area contributed by atoms with Gasteiger partial charge in [0.05, 0.1) is 17.9 Å². The first kappa shape index (κ1) is 20.5. The average Bonchev–Trinajstić information content (AvgIpc) is 3.12. The van der Waals surface area contributed by atoms with Crippen molar-refractivity contribution in [2.45, 2.75) is 19.8 Å². The zero-order chi connectivity index (χ0) is 20.9. The predicted octanol–water partition coefficient (Wildman–Crippen LogP) is 2.84. The number of amidine groups is 1. The maximum atomic E-state index is 12.0. The monoisotopic (exact) mass is 424 g/mol. The number of hydrogen-bond acceptors (Lipinski definition) is 6. The molecule has 1 aromatic heterocycles. The number of nitrogens with zero attached hydrogens (tertiary/aromatic N) is 3. The molecular weight excluding hydrogens is 400 g/mol. The van der Waals surface area contributed by atoms with Crippen molar-refractivity contribution in [3.8, 4) is 11.8 Å². The predicted molar refractivity (Wildman–Crippen MR) is 119 cm³/mol. The number of ether oxygens (including phenoxy) is 2. The highest BCUT2D eigenvalue weighted by Gasteiger charge is 2.22. The zero-order valence-electron chi connectivity index (χ0n) is 16.9. The van der Waals surface area contributed by atoms with Crippen LogP contribution < -0.4 is 10.1 Å². The van der Waals surface area contributed by atoms with E-state index in [2.05, 4.69) is 21.7 Å². The molecule has 1 N–H and O–H groups in total. The van der Waals surface area contributed by atoms with Crippen molar-refractivity contribution >= 4 is 37.8 Å². The highest BCUT2D eigenvalue weighted by Crippen LogP contribution is 2.30. The fraction of sp³-hybridized carbons (Fsp3) is 0.409. The van der Waals surface area contributed by atoms with E-state index >= 15 is 0 Å². The second kappa shape index (κ2) is 9.37. The molecule has 7 nitrogen and oxygen atoms in total. The number of carbonyl (C=O) groups excluding carboxylic acids is 1. The van der Waals surface area contributed by atoms with Crippen LogP contribution in [0, 0.1) is 17.2 Å². The number of pyridine rings is 1. The molecule has 30 heavy (non-hydrogen) atoms. The van der Waals surface area contributed by atoms with E-state index in [9.17, 15) is 10.1 Å². The molecule has 3 heterocycles. The molecule has 1 unspecified atom stereocenters. The Hall–Kier alpha value is -2.76. The molecule has 0 spiro atoms. The van der Waals surface area contributed by atoms with E-state index in [1.165, 1.54) is 0 Å². The summed E-state index contributed by atoms with van der Waals surface area (Å²) in [6.45, 7) is 4.66. The topological polar surface area (TPSA) is 96.6 Å². The molecule has 1 amide bonds. The highest BCUT2D eigenvalue weighted by atomic mass is 32.2. The zero-order valence-corrected chi connectivity index (χ0v) is 17.7. The second-order valence-corrected chi connectivity index (χ2v) is 9.03. The van der Waals surface area contributed by atoms with Gasteiger partial charge in [-0.15, -0.1) is 10.5 Å². The minimum absolute atomic E-state index is 0.00420. The molecule has 8 heteroatoms. The van der Waals surface area contributed by atoms with Gasteiger partial charge in [0.2, 0.25) is 5.91 Å². The maximum Gasteiger partial charge on any atom is 0.235 e. The number of amides is 1. The Kier molecular flexibility index (Phi) is 6.41. The summed E-state index contributed by atoms with van der Waals surface area (Å²) < 4.78 is 11.1. The van der Waals surface area contributed by atoms with Gasteiger partial charge in [0.15, 0.2) is 5.17 Å². The van der Waals surface area contributed by atoms with Crippen LogP contribution >= 0.6 is 10.5 Å². The fourth-order valence-electron chi connectivity index (χ4n) is 3.59. The SMILES string of the molecule is CCOc1c(C#N)cnc2ccc(C=S3CC(=O)NC3=NCC3CCOCC3)cc12. The van der Waals surface area contributed by atoms with Crippen LogP contribution in [-0.4, -0.2) is 53.5 Å². The molecule has 156 valence electrons. The van der Waals surface area contributed by atoms with E-state index in [-0.39, 0.29) is 5.91 Å². The number of benzene rings is 1. The molecule has 2 fully saturated rings. The number of nitriles is 1. The quantitative estimate of drug-likeness (QED) is 0.745. The lowest BCUT2D eigenvalue weighted by Gasteiger charge is -2.20. The van der Waals surface area contributed by atoms with Crippen LogP contribution in [0.1, 0.15) is 30.9 Å². The Bertz CT molecular complexity index is 1070. The van der Waals surface area contributed by atoms with Crippen molar-refractivity contribution in [2.75, 3.05) is 32.1 Å². The number of rotatable bonds is 5. The Morgan fingerprint density at radius 2 is 2.27 bits per heavy atom. The molecule has 2 aromatic rings. The van der Waals surface area contributed by atoms with E-state index in [1.54, 1.807) is 6.20 Å². The molecule has 0 saturated carbocycles. The van der Waals surface area contributed by atoms with E-state index in [4.69, 9.17) is 14.5 Å². The van der Waals surface area contributed by atoms with Gasteiger partial charge in [0.25, 0.3) is 0 Å². The Balaban J connectivity index is 1.65. The lowest BCUT2D eigenvalue weighted by molar-refractivity contribution is -0.116. The summed E-state index contributed by atoms with van der Waals surface area (Å²) in [6.07, 6.45) is 3.57. The summed E-state index contributed by atoms with van der Waals surface area (Å²) in [7, 11) is -0.404. The van der Waals surface area contributed by atoms with Crippen LogP contribution in [0.3, 0.4) is 0 Å². The first-order valence-corrected chi connectivity index (χ1v) is 11.6. The van der Waals surface area contributed by atoms with Gasteiger partial charge < -0.3 is 14.8 Å². The maximum absolute atomic E-state index is 12.0. The van der Waals surface area contributed by atoms with E-state index in [0.29, 0.717) is 29.6 Å². The fourth-order valence-corrected chi connectivity index (χ4v) is 5.24. The van der Waals surface area contributed by atoms with Crippen LogP contribution in [0.5, 0.6) is 5.75 Å². The Labute approximate surface area is 178 Å². The number of carbonyl (C=O) groups is 1. The van der Waals surface area contributed by atoms with Crippen molar-refractivity contribution in [1.82, 2.24) is 10.3 Å². The normalized spacial score (nSPS) is 21.1. The van der Waals surface area contributed by atoms with Crippen molar-refractivity contribution in [3.05, 3.63) is 35.5 Å². The van der Waals surface area contributed by atoms with Gasteiger partial charge in [0, 0.05) is 31.3 Å². The second-order valence-electron chi connectivity index (χ2n) is 7.26. The van der Waals surface area contributed by atoms with Crippen LogP contribution in [-0.2, 0) is 9.53 Å². The van der Waals surface area contributed by atoms with Gasteiger partial charge in [-0.2, -0.15) is 5.26 Å². The van der Waals surface area contributed by atoms with Crippen LogP contribution in [0.2, 0.25) is 0 Å². The third-order valence-corrected chi connectivity index (χ3v) is 7.00. The molecule has 4 rings (SSSR count). The largest absolute Gasteiger partial charge is 0.492 e. The summed E-state index contributed by atoms with van der Waals surface area (Å²) in [4.78, 5) is 21.2. The standard InChI is InChI=1S/C22H24N4O3S/c1-2-29-21-17(10-23)12-24-19-4-3-16(9-18(19)21)13-30-14-20(27)26-22(30)25-11-15-5-7-28-8-6-15/h3-4,9,12-13,15H,2,5-8,11,14H2,1H3,(H,25,26,27).